The van der Waals surface area contributed by atoms with Crippen molar-refractivity contribution in [3.05, 3.63) is 66.3 Å². The average molecular weight is 225 g/mol. The third-order valence-electron chi connectivity index (χ3n) is 2.53. The number of nitrogens with zero attached hydrogens (tertiary/aromatic N) is 1. The van der Waals surface area contributed by atoms with Gasteiger partial charge in [0.1, 0.15) is 7.11 Å². The molecule has 1 unspecified atom stereocenters. The minimum absolute atomic E-state index is 0.181. The van der Waals surface area contributed by atoms with Gasteiger partial charge in [-0.25, -0.2) is 0 Å². The van der Waals surface area contributed by atoms with E-state index in [4.69, 9.17) is 4.84 Å². The predicted molar refractivity (Wildman–Crippen MR) is 71.7 cm³/mol. The Balaban J connectivity index is 2.13. The van der Waals surface area contributed by atoms with E-state index in [-0.39, 0.29) is 5.92 Å². The SMILES string of the molecule is CON=C1C=CC=CC1C=Cc1ccccc1. The minimum Gasteiger partial charge on any atom is -0.399 e. The molecule has 1 aliphatic rings. The summed E-state index contributed by atoms with van der Waals surface area (Å²) >= 11 is 0. The molecule has 2 nitrogen and oxygen atoms in total. The lowest BCUT2D eigenvalue weighted by Crippen LogP contribution is -2.09. The van der Waals surface area contributed by atoms with Gasteiger partial charge in [0.15, 0.2) is 0 Å². The van der Waals surface area contributed by atoms with E-state index < -0.39 is 0 Å². The topological polar surface area (TPSA) is 21.6 Å². The van der Waals surface area contributed by atoms with E-state index in [0.29, 0.717) is 0 Å². The second kappa shape index (κ2) is 5.85. The van der Waals surface area contributed by atoms with Crippen molar-refractivity contribution in [1.82, 2.24) is 0 Å². The molecule has 0 saturated heterocycles. The van der Waals surface area contributed by atoms with Crippen LogP contribution in [0.5, 0.6) is 0 Å². The molecule has 1 aromatic rings. The summed E-state index contributed by atoms with van der Waals surface area (Å²) in [5.41, 5.74) is 2.11. The van der Waals surface area contributed by atoms with Crippen LogP contribution in [-0.4, -0.2) is 12.8 Å². The van der Waals surface area contributed by atoms with Crippen LogP contribution in [0.2, 0.25) is 0 Å². The van der Waals surface area contributed by atoms with Crippen LogP contribution in [0.15, 0.2) is 65.9 Å². The lowest BCUT2D eigenvalue weighted by atomic mass is 9.97. The highest BCUT2D eigenvalue weighted by atomic mass is 16.6. The zero-order valence-corrected chi connectivity index (χ0v) is 9.78. The van der Waals surface area contributed by atoms with Crippen molar-refractivity contribution in [2.24, 2.45) is 11.1 Å². The van der Waals surface area contributed by atoms with Crippen LogP contribution in [0.3, 0.4) is 0 Å². The zero-order valence-electron chi connectivity index (χ0n) is 9.78. The average Bonchev–Trinajstić information content (AvgIpc) is 2.39. The van der Waals surface area contributed by atoms with E-state index >= 15 is 0 Å². The fourth-order valence-corrected chi connectivity index (χ4v) is 1.69. The molecule has 1 atom stereocenters. The summed E-state index contributed by atoms with van der Waals surface area (Å²) in [6.45, 7) is 0. The molecule has 2 heteroatoms. The zero-order chi connectivity index (χ0) is 11.9. The highest BCUT2D eigenvalue weighted by Gasteiger charge is 2.09. The van der Waals surface area contributed by atoms with Gasteiger partial charge in [-0.15, -0.1) is 0 Å². The fourth-order valence-electron chi connectivity index (χ4n) is 1.69. The van der Waals surface area contributed by atoms with Crippen LogP contribution in [0, 0.1) is 5.92 Å². The Hall–Kier alpha value is -2.09. The van der Waals surface area contributed by atoms with Gasteiger partial charge in [-0.05, 0) is 11.6 Å². The molecule has 17 heavy (non-hydrogen) atoms. The molecule has 0 saturated carbocycles. The summed E-state index contributed by atoms with van der Waals surface area (Å²) in [7, 11) is 1.57. The van der Waals surface area contributed by atoms with E-state index in [1.807, 2.05) is 36.4 Å². The maximum Gasteiger partial charge on any atom is 0.106 e. The third kappa shape index (κ3) is 3.18. The van der Waals surface area contributed by atoms with Gasteiger partial charge in [0.25, 0.3) is 0 Å². The van der Waals surface area contributed by atoms with Crippen LogP contribution in [0.25, 0.3) is 6.08 Å². The van der Waals surface area contributed by atoms with Crippen molar-refractivity contribution < 1.29 is 4.84 Å². The number of hydrogen-bond acceptors (Lipinski definition) is 2. The molecule has 2 rings (SSSR count). The van der Waals surface area contributed by atoms with E-state index in [0.717, 1.165) is 5.71 Å². The van der Waals surface area contributed by atoms with Gasteiger partial charge in [0, 0.05) is 5.92 Å². The smallest absolute Gasteiger partial charge is 0.106 e. The van der Waals surface area contributed by atoms with Crippen LogP contribution in [0.4, 0.5) is 0 Å². The number of benzene rings is 1. The van der Waals surface area contributed by atoms with Crippen LogP contribution in [0.1, 0.15) is 5.56 Å². The Labute approximate surface area is 102 Å². The first kappa shape index (κ1) is 11.4. The molecule has 0 aromatic heterocycles. The summed E-state index contributed by atoms with van der Waals surface area (Å²) in [4.78, 5) is 4.83. The minimum atomic E-state index is 0.181. The van der Waals surface area contributed by atoms with Crippen molar-refractivity contribution in [3.63, 3.8) is 0 Å². The second-order valence-corrected chi connectivity index (χ2v) is 3.74. The Morgan fingerprint density at radius 3 is 2.76 bits per heavy atom. The normalized spacial score (nSPS) is 21.2. The van der Waals surface area contributed by atoms with Crippen molar-refractivity contribution in [1.29, 1.82) is 0 Å². The van der Waals surface area contributed by atoms with Gasteiger partial charge in [0.05, 0.1) is 5.71 Å². The van der Waals surface area contributed by atoms with Gasteiger partial charge in [-0.3, -0.25) is 0 Å². The number of oxime groups is 1. The molecular weight excluding hydrogens is 210 g/mol. The van der Waals surface area contributed by atoms with Gasteiger partial charge in [-0.2, -0.15) is 0 Å². The molecular formula is C15H15NO. The van der Waals surface area contributed by atoms with Crippen molar-refractivity contribution in [2.45, 2.75) is 0 Å². The molecule has 0 amide bonds. The van der Waals surface area contributed by atoms with Crippen molar-refractivity contribution in [3.8, 4) is 0 Å². The van der Waals surface area contributed by atoms with Crippen LogP contribution < -0.4 is 0 Å². The van der Waals surface area contributed by atoms with Crippen molar-refractivity contribution in [2.75, 3.05) is 7.11 Å². The van der Waals surface area contributed by atoms with E-state index in [2.05, 4.69) is 35.5 Å². The standard InChI is InChI=1S/C15H15NO/c1-17-16-15-10-6-5-9-14(15)12-11-13-7-3-2-4-8-13/h2-12,14H,1H3. The lowest BCUT2D eigenvalue weighted by Gasteiger charge is -2.10. The monoisotopic (exact) mass is 225 g/mol. The highest BCUT2D eigenvalue weighted by molar-refractivity contribution is 6.00. The Morgan fingerprint density at radius 2 is 2.00 bits per heavy atom. The Kier molecular flexibility index (Phi) is 3.92. The van der Waals surface area contributed by atoms with Gasteiger partial charge >= 0.3 is 0 Å². The predicted octanol–water partition coefficient (Wildman–Crippen LogP) is 3.44. The molecule has 0 bridgehead atoms. The molecule has 0 radical (unpaired) electrons. The molecule has 0 spiro atoms. The molecule has 86 valence electrons. The Bertz CT molecular complexity index is 469. The van der Waals surface area contributed by atoms with Crippen LogP contribution >= 0.6 is 0 Å². The van der Waals surface area contributed by atoms with Gasteiger partial charge < -0.3 is 4.84 Å². The quantitative estimate of drug-likeness (QED) is 0.722. The molecule has 1 aliphatic carbocycles. The van der Waals surface area contributed by atoms with E-state index in [1.54, 1.807) is 7.11 Å². The maximum absolute atomic E-state index is 4.83. The maximum atomic E-state index is 4.83. The highest BCUT2D eigenvalue weighted by Crippen LogP contribution is 2.13. The first-order valence-electron chi connectivity index (χ1n) is 5.59. The summed E-state index contributed by atoms with van der Waals surface area (Å²) in [5.74, 6) is 0.181. The fraction of sp³-hybridized carbons (Fsp3) is 0.133. The molecule has 0 fully saturated rings. The van der Waals surface area contributed by atoms with Gasteiger partial charge in [-0.1, -0.05) is 65.9 Å². The van der Waals surface area contributed by atoms with E-state index in [9.17, 15) is 0 Å². The van der Waals surface area contributed by atoms with Crippen molar-refractivity contribution >= 4 is 11.8 Å². The summed E-state index contributed by atoms with van der Waals surface area (Å²) in [6.07, 6.45) is 12.3. The first-order valence-corrected chi connectivity index (χ1v) is 5.59. The van der Waals surface area contributed by atoms with E-state index in [1.165, 1.54) is 5.56 Å². The van der Waals surface area contributed by atoms with Crippen LogP contribution in [-0.2, 0) is 4.84 Å². The second-order valence-electron chi connectivity index (χ2n) is 3.74. The molecule has 0 N–H and O–H groups in total. The largest absolute Gasteiger partial charge is 0.399 e. The third-order valence-corrected chi connectivity index (χ3v) is 2.53. The summed E-state index contributed by atoms with van der Waals surface area (Å²) in [5, 5.41) is 4.00. The van der Waals surface area contributed by atoms with Gasteiger partial charge in [0.2, 0.25) is 0 Å². The number of allylic oxidation sites excluding steroid dienone is 5. The number of hydrogen-bond donors (Lipinski definition) is 0. The Morgan fingerprint density at radius 1 is 1.18 bits per heavy atom. The molecule has 1 aromatic carbocycles. The molecule has 0 heterocycles. The summed E-state index contributed by atoms with van der Waals surface area (Å²) < 4.78 is 0. The first-order chi connectivity index (χ1) is 8.40. The summed E-state index contributed by atoms with van der Waals surface area (Å²) in [6, 6.07) is 10.2. The lowest BCUT2D eigenvalue weighted by molar-refractivity contribution is 0.212. The molecule has 0 aliphatic heterocycles. The number of rotatable bonds is 3.